The van der Waals surface area contributed by atoms with Crippen molar-refractivity contribution in [2.75, 3.05) is 6.26 Å². The van der Waals surface area contributed by atoms with E-state index >= 15 is 0 Å². The molecule has 4 aromatic heterocycles. The van der Waals surface area contributed by atoms with E-state index < -0.39 is 15.9 Å². The van der Waals surface area contributed by atoms with Crippen LogP contribution in [0.1, 0.15) is 11.4 Å². The Balaban J connectivity index is 0.000000169. The monoisotopic (exact) mass is 634 g/mol. The summed E-state index contributed by atoms with van der Waals surface area (Å²) in [6, 6.07) is 25.2. The molecular weight excluding hydrogens is 613 g/mol. The average molecular weight is 635 g/mol. The Morgan fingerprint density at radius 1 is 0.667 bits per heavy atom. The predicted molar refractivity (Wildman–Crippen MR) is 171 cm³/mol. The van der Waals surface area contributed by atoms with Crippen LogP contribution < -0.4 is 11.1 Å². The van der Waals surface area contributed by atoms with Gasteiger partial charge in [-0.25, -0.2) is 9.97 Å². The van der Waals surface area contributed by atoms with Crippen molar-refractivity contribution in [2.24, 2.45) is 0 Å². The molecule has 4 heterocycles. The molecule has 1 N–H and O–H groups in total. The number of hydrogen-bond acceptors (Lipinski definition) is 11. The first kappa shape index (κ1) is 29.6. The van der Waals surface area contributed by atoms with Gasteiger partial charge in [0.05, 0.1) is 33.5 Å². The number of thioether (sulfide) groups is 1. The van der Waals surface area contributed by atoms with E-state index in [-0.39, 0.29) is 16.8 Å². The van der Waals surface area contributed by atoms with E-state index in [0.29, 0.717) is 26.5 Å². The molecule has 0 amide bonds. The van der Waals surface area contributed by atoms with Gasteiger partial charge in [0.1, 0.15) is 15.8 Å². The van der Waals surface area contributed by atoms with Crippen molar-refractivity contribution in [1.29, 1.82) is 0 Å². The molecule has 42 heavy (non-hydrogen) atoms. The Hall–Kier alpha value is -3.88. The molecule has 6 aromatic rings. The lowest BCUT2D eigenvalue weighted by Crippen LogP contribution is -2.07. The molecule has 0 fully saturated rings. The van der Waals surface area contributed by atoms with E-state index in [1.807, 2.05) is 60.9 Å². The van der Waals surface area contributed by atoms with Crippen molar-refractivity contribution in [1.82, 2.24) is 19.9 Å². The van der Waals surface area contributed by atoms with E-state index in [1.165, 1.54) is 28.7 Å². The Morgan fingerprint density at radius 2 is 1.14 bits per heavy atom. The van der Waals surface area contributed by atoms with Gasteiger partial charge < -0.3 is 0 Å². The minimum absolute atomic E-state index is 0.189. The summed E-state index contributed by atoms with van der Waals surface area (Å²) in [5.74, 6) is 0.277. The number of benzene rings is 2. The lowest BCUT2D eigenvalue weighted by molar-refractivity contribution is 0.481. The summed E-state index contributed by atoms with van der Waals surface area (Å²) in [6.45, 7) is 0. The first-order valence-electron chi connectivity index (χ1n) is 12.4. The zero-order chi connectivity index (χ0) is 29.7. The second kappa shape index (κ2) is 13.0. The summed E-state index contributed by atoms with van der Waals surface area (Å²) in [5.41, 5.74) is 1.82. The van der Waals surface area contributed by atoms with E-state index in [2.05, 4.69) is 19.9 Å². The summed E-state index contributed by atoms with van der Waals surface area (Å²) < 4.78 is 32.5. The zero-order valence-corrected chi connectivity index (χ0v) is 25.3. The van der Waals surface area contributed by atoms with Gasteiger partial charge in [-0.05, 0) is 54.8 Å². The molecule has 9 nitrogen and oxygen atoms in total. The molecule has 0 atom stereocenters. The van der Waals surface area contributed by atoms with Gasteiger partial charge in [-0.3, -0.25) is 14.1 Å². The molecule has 0 radical (unpaired) electrons. The lowest BCUT2D eigenvalue weighted by Gasteiger charge is -2.03. The number of pyridine rings is 2. The second-order valence-electron chi connectivity index (χ2n) is 8.83. The summed E-state index contributed by atoms with van der Waals surface area (Å²) in [5, 5.41) is 2.28. The molecule has 0 saturated carbocycles. The normalized spacial score (nSPS) is 11.3. The third kappa shape index (κ3) is 7.30. The molecule has 0 aliphatic carbocycles. The average Bonchev–Trinajstić information content (AvgIpc) is 2.97. The summed E-state index contributed by atoms with van der Waals surface area (Å²) in [7, 11) is -4.16. The van der Waals surface area contributed by atoms with Crippen LogP contribution in [0.5, 0.6) is 0 Å². The third-order valence-corrected chi connectivity index (χ3v) is 9.11. The van der Waals surface area contributed by atoms with Gasteiger partial charge in [0.15, 0.2) is 0 Å². The molecule has 212 valence electrons. The van der Waals surface area contributed by atoms with Crippen LogP contribution in [0.2, 0.25) is 0 Å². The Morgan fingerprint density at radius 3 is 1.64 bits per heavy atom. The molecular formula is C29H22N4O5S4. The van der Waals surface area contributed by atoms with Crippen LogP contribution in [0.3, 0.4) is 0 Å². The highest BCUT2D eigenvalue weighted by atomic mass is 32.2. The van der Waals surface area contributed by atoms with Gasteiger partial charge in [0, 0.05) is 15.2 Å². The summed E-state index contributed by atoms with van der Waals surface area (Å²) in [6.07, 6.45) is 2.04. The number of aromatic nitrogens is 4. The maximum Gasteiger partial charge on any atom is 0.279 e. The van der Waals surface area contributed by atoms with E-state index in [9.17, 15) is 18.0 Å². The van der Waals surface area contributed by atoms with Crippen LogP contribution in [0.25, 0.3) is 41.6 Å². The van der Waals surface area contributed by atoms with Crippen LogP contribution in [-0.2, 0) is 21.6 Å². The minimum atomic E-state index is -4.16. The first-order valence-corrected chi connectivity index (χ1v) is 17.0. The minimum Gasteiger partial charge on any atom is -0.285 e. The number of rotatable bonds is 6. The van der Waals surface area contributed by atoms with Gasteiger partial charge in [-0.15, -0.1) is 22.7 Å². The number of hydrogen-bond donors (Lipinski definition) is 1. The summed E-state index contributed by atoms with van der Waals surface area (Å²) in [4.78, 5) is 40.9. The Labute approximate surface area is 252 Å². The van der Waals surface area contributed by atoms with Crippen molar-refractivity contribution in [3.63, 3.8) is 0 Å². The van der Waals surface area contributed by atoms with Crippen molar-refractivity contribution in [2.45, 2.75) is 11.5 Å². The van der Waals surface area contributed by atoms with Gasteiger partial charge in [-0.1, -0.05) is 36.4 Å². The quantitative estimate of drug-likeness (QED) is 0.227. The first-order chi connectivity index (χ1) is 20.2. The maximum absolute atomic E-state index is 12.0. The van der Waals surface area contributed by atoms with Crippen LogP contribution in [0.15, 0.2) is 94.5 Å². The third-order valence-electron chi connectivity index (χ3n) is 5.73. The fourth-order valence-corrected chi connectivity index (χ4v) is 6.86. The van der Waals surface area contributed by atoms with Gasteiger partial charge in [0.25, 0.3) is 21.2 Å². The number of nitrogens with zero attached hydrogens (tertiary/aromatic N) is 4. The maximum atomic E-state index is 12.0. The Kier molecular flexibility index (Phi) is 9.14. The predicted octanol–water partition coefficient (Wildman–Crippen LogP) is 5.69. The highest BCUT2D eigenvalue weighted by Gasteiger charge is 2.12. The SMILES string of the molecule is CSCc1cccc(-c2nc(=O)c3ccccc3s2)n1.O=c1nc(-c2cccc(CS(=O)(=O)O)n2)sc2ccccc12. The van der Waals surface area contributed by atoms with E-state index in [1.54, 1.807) is 36.0 Å². The fraction of sp³-hybridized carbons (Fsp3) is 0.103. The number of fused-ring (bicyclic) bond motifs is 2. The molecule has 13 heteroatoms. The van der Waals surface area contributed by atoms with Crippen LogP contribution >= 0.6 is 34.4 Å². The molecule has 0 aliphatic rings. The second-order valence-corrected chi connectivity index (χ2v) is 13.2. The standard InChI is InChI=1S/C15H12N2OS2.C14H10N2O4S2/c1-19-9-10-5-4-7-12(16-10)15-17-14(18)11-6-2-3-8-13(11)20-15;17-13-10-5-1-2-7-12(10)21-14(16-13)11-6-3-4-9(15-11)8-22(18,19)20/h2-8H,9H2,1H3;1-7H,8H2,(H,18,19,20). The van der Waals surface area contributed by atoms with Crippen LogP contribution in [0, 0.1) is 0 Å². The summed E-state index contributed by atoms with van der Waals surface area (Å²) >= 11 is 4.52. The van der Waals surface area contributed by atoms with Crippen molar-refractivity contribution < 1.29 is 13.0 Å². The molecule has 0 unspecified atom stereocenters. The highest BCUT2D eigenvalue weighted by Crippen LogP contribution is 2.26. The van der Waals surface area contributed by atoms with Crippen LogP contribution in [-0.4, -0.2) is 39.2 Å². The Bertz CT molecular complexity index is 2130. The zero-order valence-electron chi connectivity index (χ0n) is 22.0. The lowest BCUT2D eigenvalue weighted by atomic mass is 10.3. The van der Waals surface area contributed by atoms with Gasteiger partial charge in [-0.2, -0.15) is 30.1 Å². The van der Waals surface area contributed by atoms with Crippen LogP contribution in [0.4, 0.5) is 0 Å². The van der Waals surface area contributed by atoms with Crippen molar-refractivity contribution in [3.8, 4) is 21.4 Å². The van der Waals surface area contributed by atoms with E-state index in [4.69, 9.17) is 4.55 Å². The molecule has 6 rings (SSSR count). The van der Waals surface area contributed by atoms with Gasteiger partial charge in [0.2, 0.25) is 0 Å². The van der Waals surface area contributed by atoms with E-state index in [0.717, 1.165) is 26.5 Å². The van der Waals surface area contributed by atoms with Gasteiger partial charge >= 0.3 is 0 Å². The van der Waals surface area contributed by atoms with Crippen molar-refractivity contribution >= 4 is 64.7 Å². The molecule has 0 bridgehead atoms. The topological polar surface area (TPSA) is 140 Å². The molecule has 0 saturated heterocycles. The fourth-order valence-electron chi connectivity index (χ4n) is 3.94. The molecule has 0 aliphatic heterocycles. The largest absolute Gasteiger partial charge is 0.285 e. The van der Waals surface area contributed by atoms with Crippen molar-refractivity contribution in [3.05, 3.63) is 117 Å². The highest BCUT2D eigenvalue weighted by molar-refractivity contribution is 7.97. The smallest absolute Gasteiger partial charge is 0.279 e. The molecule has 2 aromatic carbocycles. The molecule has 0 spiro atoms.